The second-order valence-corrected chi connectivity index (χ2v) is 4.90. The zero-order valence-electron chi connectivity index (χ0n) is 12.1. The molecule has 0 aliphatic heterocycles. The molecular formula is C14H14N6O2. The number of carbonyl (C=O) groups is 1. The van der Waals surface area contributed by atoms with Crippen LogP contribution in [0.4, 0.5) is 5.82 Å². The van der Waals surface area contributed by atoms with Gasteiger partial charge in [-0.15, -0.1) is 0 Å². The van der Waals surface area contributed by atoms with Crippen LogP contribution in [0.2, 0.25) is 0 Å². The number of aromatic nitrogens is 5. The van der Waals surface area contributed by atoms with Crippen molar-refractivity contribution in [3.05, 3.63) is 46.8 Å². The molecule has 0 spiro atoms. The highest BCUT2D eigenvalue weighted by molar-refractivity contribution is 5.90. The van der Waals surface area contributed by atoms with Gasteiger partial charge in [-0.05, 0) is 18.6 Å². The molecule has 0 saturated heterocycles. The van der Waals surface area contributed by atoms with Crippen LogP contribution in [0, 0.1) is 6.92 Å². The number of aryl methyl sites for hydroxylation is 2. The van der Waals surface area contributed by atoms with E-state index >= 15 is 0 Å². The average molecular weight is 298 g/mol. The second kappa shape index (κ2) is 5.40. The Morgan fingerprint density at radius 2 is 2.18 bits per heavy atom. The number of fused-ring (bicyclic) bond motifs is 1. The van der Waals surface area contributed by atoms with E-state index in [-0.39, 0.29) is 18.0 Å². The van der Waals surface area contributed by atoms with Gasteiger partial charge in [0, 0.05) is 13.2 Å². The van der Waals surface area contributed by atoms with Gasteiger partial charge < -0.3 is 5.32 Å². The number of carbonyl (C=O) groups excluding carboxylic acids is 1. The lowest BCUT2D eigenvalue weighted by Crippen LogP contribution is -2.28. The van der Waals surface area contributed by atoms with Crippen molar-refractivity contribution in [3.63, 3.8) is 0 Å². The largest absolute Gasteiger partial charge is 0.309 e. The molecule has 0 bridgehead atoms. The van der Waals surface area contributed by atoms with Gasteiger partial charge in [-0.25, -0.2) is 9.97 Å². The first-order valence-corrected chi connectivity index (χ1v) is 6.65. The Morgan fingerprint density at radius 3 is 2.95 bits per heavy atom. The standard InChI is InChI=1S/C14H14N6O2/c1-9-4-3-5-15-12(9)18-11(21)7-20-8-16-13-10(14(20)22)6-17-19(13)2/h3-6,8H,7H2,1-2H3,(H,15,18,21). The minimum atomic E-state index is -0.339. The number of hydrogen-bond acceptors (Lipinski definition) is 5. The zero-order valence-corrected chi connectivity index (χ0v) is 12.1. The van der Waals surface area contributed by atoms with Crippen molar-refractivity contribution in [1.82, 2.24) is 24.3 Å². The lowest BCUT2D eigenvalue weighted by Gasteiger charge is -2.08. The molecule has 3 rings (SSSR count). The average Bonchev–Trinajstić information content (AvgIpc) is 2.87. The van der Waals surface area contributed by atoms with Crippen LogP contribution < -0.4 is 10.9 Å². The van der Waals surface area contributed by atoms with Crippen LogP contribution in [0.5, 0.6) is 0 Å². The fourth-order valence-corrected chi connectivity index (χ4v) is 2.12. The minimum Gasteiger partial charge on any atom is -0.309 e. The SMILES string of the molecule is Cc1cccnc1NC(=O)Cn1cnc2c(cnn2C)c1=O. The summed E-state index contributed by atoms with van der Waals surface area (Å²) in [5, 5.41) is 7.05. The van der Waals surface area contributed by atoms with Crippen molar-refractivity contribution < 1.29 is 4.79 Å². The van der Waals surface area contributed by atoms with Crippen molar-refractivity contribution in [1.29, 1.82) is 0 Å². The molecule has 0 radical (unpaired) electrons. The highest BCUT2D eigenvalue weighted by atomic mass is 16.2. The molecule has 0 atom stereocenters. The minimum absolute atomic E-state index is 0.132. The van der Waals surface area contributed by atoms with E-state index in [0.717, 1.165) is 5.56 Å². The van der Waals surface area contributed by atoms with Gasteiger partial charge in [-0.2, -0.15) is 5.10 Å². The molecule has 22 heavy (non-hydrogen) atoms. The summed E-state index contributed by atoms with van der Waals surface area (Å²) in [4.78, 5) is 32.6. The summed E-state index contributed by atoms with van der Waals surface area (Å²) in [6, 6.07) is 3.63. The maximum Gasteiger partial charge on any atom is 0.264 e. The third-order valence-electron chi connectivity index (χ3n) is 3.30. The number of nitrogens with zero attached hydrogens (tertiary/aromatic N) is 5. The van der Waals surface area contributed by atoms with Crippen LogP contribution in [0.25, 0.3) is 11.0 Å². The third-order valence-corrected chi connectivity index (χ3v) is 3.30. The summed E-state index contributed by atoms with van der Waals surface area (Å²) in [6.07, 6.45) is 4.39. The van der Waals surface area contributed by atoms with Crippen LogP contribution in [-0.4, -0.2) is 30.2 Å². The van der Waals surface area contributed by atoms with Gasteiger partial charge in [-0.3, -0.25) is 18.8 Å². The predicted molar refractivity (Wildman–Crippen MR) is 80.4 cm³/mol. The zero-order chi connectivity index (χ0) is 15.7. The van der Waals surface area contributed by atoms with Gasteiger partial charge in [0.2, 0.25) is 5.91 Å². The molecule has 3 aromatic rings. The summed E-state index contributed by atoms with van der Waals surface area (Å²) in [5.41, 5.74) is 1.04. The number of anilines is 1. The molecular weight excluding hydrogens is 284 g/mol. The summed E-state index contributed by atoms with van der Waals surface area (Å²) >= 11 is 0. The summed E-state index contributed by atoms with van der Waals surface area (Å²) in [6.45, 7) is 1.71. The van der Waals surface area contributed by atoms with Gasteiger partial charge in [-0.1, -0.05) is 6.07 Å². The van der Waals surface area contributed by atoms with E-state index < -0.39 is 0 Å². The smallest absolute Gasteiger partial charge is 0.264 e. The van der Waals surface area contributed by atoms with Crippen molar-refractivity contribution in [3.8, 4) is 0 Å². The number of rotatable bonds is 3. The molecule has 1 amide bonds. The quantitative estimate of drug-likeness (QED) is 0.758. The molecule has 0 unspecified atom stereocenters. The summed E-state index contributed by atoms with van der Waals surface area (Å²) in [7, 11) is 1.70. The van der Waals surface area contributed by atoms with Crippen LogP contribution in [0.3, 0.4) is 0 Å². The van der Waals surface area contributed by atoms with Gasteiger partial charge in [0.25, 0.3) is 5.56 Å². The molecule has 0 fully saturated rings. The van der Waals surface area contributed by atoms with E-state index in [1.807, 2.05) is 13.0 Å². The van der Waals surface area contributed by atoms with E-state index in [2.05, 4.69) is 20.4 Å². The Bertz CT molecular complexity index is 911. The molecule has 0 aliphatic rings. The first kappa shape index (κ1) is 13.9. The van der Waals surface area contributed by atoms with E-state index in [1.165, 1.54) is 21.8 Å². The summed E-state index contributed by atoms with van der Waals surface area (Å²) < 4.78 is 2.76. The van der Waals surface area contributed by atoms with E-state index in [1.54, 1.807) is 19.3 Å². The number of hydrogen-bond donors (Lipinski definition) is 1. The Balaban J connectivity index is 1.84. The molecule has 8 heteroatoms. The molecule has 1 N–H and O–H groups in total. The number of amides is 1. The van der Waals surface area contributed by atoms with E-state index in [4.69, 9.17) is 0 Å². The normalized spacial score (nSPS) is 10.8. The van der Waals surface area contributed by atoms with Gasteiger partial charge in [0.05, 0.1) is 6.20 Å². The van der Waals surface area contributed by atoms with Gasteiger partial charge >= 0.3 is 0 Å². The number of pyridine rings is 1. The summed E-state index contributed by atoms with van der Waals surface area (Å²) in [5.74, 6) is 0.143. The Morgan fingerprint density at radius 1 is 1.36 bits per heavy atom. The van der Waals surface area contributed by atoms with Crippen LogP contribution in [0.1, 0.15) is 5.56 Å². The third kappa shape index (κ3) is 2.46. The Kier molecular flexibility index (Phi) is 3.42. The van der Waals surface area contributed by atoms with Crippen LogP contribution in [-0.2, 0) is 18.4 Å². The predicted octanol–water partition coefficient (Wildman–Crippen LogP) is 0.472. The molecule has 0 saturated carbocycles. The highest BCUT2D eigenvalue weighted by Gasteiger charge is 2.11. The van der Waals surface area contributed by atoms with Crippen LogP contribution >= 0.6 is 0 Å². The van der Waals surface area contributed by atoms with E-state index in [9.17, 15) is 9.59 Å². The first-order chi connectivity index (χ1) is 10.6. The van der Waals surface area contributed by atoms with Crippen molar-refractivity contribution in [2.75, 3.05) is 5.32 Å². The lowest BCUT2D eigenvalue weighted by atomic mass is 10.3. The van der Waals surface area contributed by atoms with Gasteiger partial charge in [0.15, 0.2) is 5.65 Å². The molecule has 3 aromatic heterocycles. The Hall–Kier alpha value is -3.03. The van der Waals surface area contributed by atoms with E-state index in [0.29, 0.717) is 16.9 Å². The molecule has 8 nitrogen and oxygen atoms in total. The van der Waals surface area contributed by atoms with Gasteiger partial charge in [0.1, 0.15) is 24.1 Å². The second-order valence-electron chi connectivity index (χ2n) is 4.90. The van der Waals surface area contributed by atoms with Crippen LogP contribution in [0.15, 0.2) is 35.6 Å². The topological polar surface area (TPSA) is 94.7 Å². The van der Waals surface area contributed by atoms with Crippen molar-refractivity contribution in [2.24, 2.45) is 7.05 Å². The Labute approximate surface area is 125 Å². The molecule has 112 valence electrons. The molecule has 0 aliphatic carbocycles. The lowest BCUT2D eigenvalue weighted by molar-refractivity contribution is -0.116. The molecule has 3 heterocycles. The monoisotopic (exact) mass is 298 g/mol. The van der Waals surface area contributed by atoms with Crippen molar-refractivity contribution in [2.45, 2.75) is 13.5 Å². The number of nitrogens with one attached hydrogen (secondary N) is 1. The fourth-order valence-electron chi connectivity index (χ4n) is 2.12. The maximum atomic E-state index is 12.3. The van der Waals surface area contributed by atoms with Crippen molar-refractivity contribution >= 4 is 22.8 Å². The molecule has 0 aromatic carbocycles. The highest BCUT2D eigenvalue weighted by Crippen LogP contribution is 2.09. The fraction of sp³-hybridized carbons (Fsp3) is 0.214. The first-order valence-electron chi connectivity index (χ1n) is 6.65. The maximum absolute atomic E-state index is 12.3.